The van der Waals surface area contributed by atoms with E-state index in [1.165, 1.54) is 0 Å². The Morgan fingerprint density at radius 1 is 1.25 bits per heavy atom. The molecule has 80 valence electrons. The first-order valence-electron chi connectivity index (χ1n) is 5.22. The predicted molar refractivity (Wildman–Crippen MR) is 62.0 cm³/mol. The van der Waals surface area contributed by atoms with Gasteiger partial charge in [-0.15, -0.1) is 0 Å². The summed E-state index contributed by atoms with van der Waals surface area (Å²) >= 11 is 0. The van der Waals surface area contributed by atoms with Gasteiger partial charge in [0.25, 0.3) is 0 Å². The molecule has 0 saturated carbocycles. The maximum Gasteiger partial charge on any atom is 0.233 e. The van der Waals surface area contributed by atoms with Crippen molar-refractivity contribution >= 4 is 17.4 Å². The smallest absolute Gasteiger partial charge is 0.233 e. The van der Waals surface area contributed by atoms with Gasteiger partial charge in [0.05, 0.1) is 17.6 Å². The van der Waals surface area contributed by atoms with Crippen molar-refractivity contribution in [3.8, 4) is 0 Å². The predicted octanol–water partition coefficient (Wildman–Crippen LogP) is 1.56. The molecule has 2 heterocycles. The molecule has 4 nitrogen and oxygen atoms in total. The molecule has 1 aromatic heterocycles. The first-order valence-corrected chi connectivity index (χ1v) is 5.22. The molecular weight excluding hydrogens is 202 g/mol. The number of hydrogen-bond acceptors (Lipinski definition) is 3. The van der Waals surface area contributed by atoms with Gasteiger partial charge in [-0.3, -0.25) is 4.79 Å². The van der Waals surface area contributed by atoms with Gasteiger partial charge < -0.3 is 10.6 Å². The monoisotopic (exact) mass is 213 g/mol. The van der Waals surface area contributed by atoms with Gasteiger partial charge in [-0.2, -0.15) is 0 Å². The molecule has 2 unspecified atom stereocenters. The molecule has 16 heavy (non-hydrogen) atoms. The van der Waals surface area contributed by atoms with Crippen LogP contribution >= 0.6 is 0 Å². The fourth-order valence-electron chi connectivity index (χ4n) is 1.99. The van der Waals surface area contributed by atoms with Crippen molar-refractivity contribution in [3.63, 3.8) is 0 Å². The van der Waals surface area contributed by atoms with E-state index in [0.717, 1.165) is 11.5 Å². The Morgan fingerprint density at radius 2 is 2.12 bits per heavy atom. The number of carbonyl (C=O) groups is 1. The number of fused-ring (bicyclic) bond motifs is 2. The van der Waals surface area contributed by atoms with Crippen molar-refractivity contribution in [3.05, 3.63) is 42.6 Å². The number of rotatable bonds is 0. The van der Waals surface area contributed by atoms with Crippen LogP contribution in [0.4, 0.5) is 11.5 Å². The summed E-state index contributed by atoms with van der Waals surface area (Å²) in [6.45, 7) is 0. The van der Waals surface area contributed by atoms with E-state index in [4.69, 9.17) is 0 Å². The lowest BCUT2D eigenvalue weighted by Gasteiger charge is -2.20. The molecule has 0 saturated heterocycles. The molecule has 4 heteroatoms. The van der Waals surface area contributed by atoms with E-state index in [-0.39, 0.29) is 17.9 Å². The van der Waals surface area contributed by atoms with Crippen molar-refractivity contribution in [2.75, 3.05) is 10.6 Å². The molecule has 1 aromatic rings. The Morgan fingerprint density at radius 3 is 3.06 bits per heavy atom. The van der Waals surface area contributed by atoms with E-state index in [2.05, 4.69) is 15.6 Å². The average molecular weight is 213 g/mol. The molecule has 1 amide bonds. The van der Waals surface area contributed by atoms with Gasteiger partial charge >= 0.3 is 0 Å². The second-order valence-corrected chi connectivity index (χ2v) is 3.85. The Kier molecular flexibility index (Phi) is 1.99. The van der Waals surface area contributed by atoms with Gasteiger partial charge in [-0.05, 0) is 12.1 Å². The Bertz CT molecular complexity index is 493. The number of anilines is 2. The third-order valence-corrected chi connectivity index (χ3v) is 2.81. The fourth-order valence-corrected chi connectivity index (χ4v) is 1.99. The van der Waals surface area contributed by atoms with Crippen LogP contribution < -0.4 is 10.6 Å². The van der Waals surface area contributed by atoms with Crippen LogP contribution in [0.15, 0.2) is 42.6 Å². The second kappa shape index (κ2) is 3.48. The summed E-state index contributed by atoms with van der Waals surface area (Å²) in [5.41, 5.74) is 0.740. The van der Waals surface area contributed by atoms with Gasteiger partial charge in [0.2, 0.25) is 5.91 Å². The van der Waals surface area contributed by atoms with Gasteiger partial charge in [-0.1, -0.05) is 24.3 Å². The molecule has 0 spiro atoms. The number of carbonyl (C=O) groups excluding carboxylic acids is 1. The molecule has 3 rings (SSSR count). The van der Waals surface area contributed by atoms with Crippen LogP contribution in [0.2, 0.25) is 0 Å². The zero-order valence-corrected chi connectivity index (χ0v) is 8.55. The van der Waals surface area contributed by atoms with Gasteiger partial charge in [0, 0.05) is 6.20 Å². The van der Waals surface area contributed by atoms with E-state index < -0.39 is 0 Å². The Balaban J connectivity index is 2.04. The van der Waals surface area contributed by atoms with Gasteiger partial charge in [0.1, 0.15) is 5.82 Å². The minimum atomic E-state index is -0.167. The minimum Gasteiger partial charge on any atom is -0.361 e. The number of amides is 1. The summed E-state index contributed by atoms with van der Waals surface area (Å²) in [4.78, 5) is 16.2. The summed E-state index contributed by atoms with van der Waals surface area (Å²) in [7, 11) is 0. The third-order valence-electron chi connectivity index (χ3n) is 2.81. The number of hydrogen-bond donors (Lipinski definition) is 2. The van der Waals surface area contributed by atoms with Crippen LogP contribution in [-0.2, 0) is 4.79 Å². The highest BCUT2D eigenvalue weighted by molar-refractivity contribution is 5.98. The zero-order valence-electron chi connectivity index (χ0n) is 8.55. The van der Waals surface area contributed by atoms with Crippen LogP contribution in [0.1, 0.15) is 0 Å². The standard InChI is InChI=1S/C12H11N3O/c16-12-8-4-1-2-5-9(8)14-11-10(15-12)6-3-7-13-11/h1-9H,(H,13,14)(H,15,16). The molecule has 1 aliphatic carbocycles. The Labute approximate surface area is 93.1 Å². The number of pyridine rings is 1. The summed E-state index contributed by atoms with van der Waals surface area (Å²) in [6, 6.07) is 3.64. The summed E-state index contributed by atoms with van der Waals surface area (Å²) < 4.78 is 0. The normalized spacial score (nSPS) is 26.1. The molecule has 2 N–H and O–H groups in total. The quantitative estimate of drug-likeness (QED) is 0.687. The van der Waals surface area contributed by atoms with E-state index in [9.17, 15) is 4.79 Å². The molecule has 2 aliphatic rings. The molecule has 1 aliphatic heterocycles. The highest BCUT2D eigenvalue weighted by Gasteiger charge is 2.29. The third kappa shape index (κ3) is 1.39. The average Bonchev–Trinajstić information content (AvgIpc) is 2.45. The maximum absolute atomic E-state index is 11.9. The zero-order chi connectivity index (χ0) is 11.0. The minimum absolute atomic E-state index is 0.00449. The summed E-state index contributed by atoms with van der Waals surface area (Å²) in [5, 5.41) is 6.13. The van der Waals surface area contributed by atoms with Crippen molar-refractivity contribution in [1.29, 1.82) is 0 Å². The van der Waals surface area contributed by atoms with Crippen molar-refractivity contribution < 1.29 is 4.79 Å². The van der Waals surface area contributed by atoms with Crippen molar-refractivity contribution in [1.82, 2.24) is 4.98 Å². The number of aromatic nitrogens is 1. The number of nitrogens with one attached hydrogen (secondary N) is 2. The molecule has 0 radical (unpaired) electrons. The van der Waals surface area contributed by atoms with Crippen molar-refractivity contribution in [2.45, 2.75) is 6.04 Å². The van der Waals surface area contributed by atoms with Crippen LogP contribution in [0.5, 0.6) is 0 Å². The first-order chi connectivity index (χ1) is 7.84. The Hall–Kier alpha value is -2.10. The van der Waals surface area contributed by atoms with Gasteiger partial charge in [-0.25, -0.2) is 4.98 Å². The molecular formula is C12H11N3O. The fraction of sp³-hybridized carbons (Fsp3) is 0.167. The number of allylic oxidation sites excluding steroid dienone is 2. The van der Waals surface area contributed by atoms with E-state index in [1.54, 1.807) is 12.3 Å². The van der Waals surface area contributed by atoms with Crippen LogP contribution in [0.3, 0.4) is 0 Å². The highest BCUT2D eigenvalue weighted by atomic mass is 16.2. The van der Waals surface area contributed by atoms with Crippen LogP contribution in [0.25, 0.3) is 0 Å². The molecule has 0 aromatic carbocycles. The summed E-state index contributed by atoms with van der Waals surface area (Å²) in [6.07, 6.45) is 9.43. The molecule has 0 fully saturated rings. The van der Waals surface area contributed by atoms with Crippen LogP contribution in [-0.4, -0.2) is 16.9 Å². The molecule has 2 atom stereocenters. The highest BCUT2D eigenvalue weighted by Crippen LogP contribution is 2.27. The molecule has 0 bridgehead atoms. The lowest BCUT2D eigenvalue weighted by molar-refractivity contribution is -0.118. The maximum atomic E-state index is 11.9. The summed E-state index contributed by atoms with van der Waals surface area (Å²) in [5.74, 6) is 0.562. The van der Waals surface area contributed by atoms with Crippen LogP contribution in [0, 0.1) is 5.92 Å². The number of nitrogens with zero attached hydrogens (tertiary/aromatic N) is 1. The second-order valence-electron chi connectivity index (χ2n) is 3.85. The lowest BCUT2D eigenvalue weighted by atomic mass is 9.95. The lowest BCUT2D eigenvalue weighted by Crippen LogP contribution is -2.33. The van der Waals surface area contributed by atoms with Crippen molar-refractivity contribution in [2.24, 2.45) is 5.92 Å². The SMILES string of the molecule is O=C1Nc2cccnc2NC2C=CC=CC12. The largest absolute Gasteiger partial charge is 0.361 e. The van der Waals surface area contributed by atoms with Gasteiger partial charge in [0.15, 0.2) is 0 Å². The van der Waals surface area contributed by atoms with E-state index in [0.29, 0.717) is 0 Å². The van der Waals surface area contributed by atoms with E-state index in [1.807, 2.05) is 30.4 Å². The topological polar surface area (TPSA) is 54.0 Å². The first kappa shape index (κ1) is 9.15. The van der Waals surface area contributed by atoms with E-state index >= 15 is 0 Å².